The lowest BCUT2D eigenvalue weighted by atomic mass is 10.1. The van der Waals surface area contributed by atoms with E-state index in [1.807, 2.05) is 35.9 Å². The molecule has 0 aliphatic heterocycles. The number of amides is 1. The fourth-order valence-corrected chi connectivity index (χ4v) is 4.02. The molecule has 1 N–H and O–H groups in total. The van der Waals surface area contributed by atoms with Gasteiger partial charge in [-0.05, 0) is 49.9 Å². The number of fused-ring (bicyclic) bond motifs is 2. The zero-order valence-electron chi connectivity index (χ0n) is 16.2. The summed E-state index contributed by atoms with van der Waals surface area (Å²) >= 11 is 0. The van der Waals surface area contributed by atoms with E-state index >= 15 is 0 Å². The molecule has 0 spiro atoms. The summed E-state index contributed by atoms with van der Waals surface area (Å²) in [6, 6.07) is 13.2. The zero-order chi connectivity index (χ0) is 20.1. The van der Waals surface area contributed by atoms with Gasteiger partial charge in [-0.25, -0.2) is 9.48 Å². The molecule has 0 bridgehead atoms. The van der Waals surface area contributed by atoms with Gasteiger partial charge < -0.3 is 9.73 Å². The van der Waals surface area contributed by atoms with Gasteiger partial charge in [0.15, 0.2) is 11.3 Å². The largest absolute Gasteiger partial charge is 0.419 e. The van der Waals surface area contributed by atoms with Crippen molar-refractivity contribution < 1.29 is 9.21 Å². The first kappa shape index (κ1) is 17.5. The van der Waals surface area contributed by atoms with Gasteiger partial charge in [0.1, 0.15) is 0 Å². The number of hydrogen-bond acceptors (Lipinski definition) is 4. The Labute approximate surface area is 166 Å². The van der Waals surface area contributed by atoms with E-state index in [0.29, 0.717) is 22.5 Å². The highest BCUT2D eigenvalue weighted by atomic mass is 16.4. The van der Waals surface area contributed by atoms with Crippen molar-refractivity contribution in [1.29, 1.82) is 0 Å². The van der Waals surface area contributed by atoms with Crippen LogP contribution in [-0.4, -0.2) is 20.3 Å². The summed E-state index contributed by atoms with van der Waals surface area (Å²) in [5, 5.41) is 7.57. The second kappa shape index (κ2) is 6.48. The van der Waals surface area contributed by atoms with Crippen molar-refractivity contribution in [1.82, 2.24) is 14.3 Å². The van der Waals surface area contributed by atoms with Gasteiger partial charge in [0, 0.05) is 30.1 Å². The van der Waals surface area contributed by atoms with Gasteiger partial charge in [-0.2, -0.15) is 5.10 Å². The molecule has 0 fully saturated rings. The number of oxazole rings is 1. The summed E-state index contributed by atoms with van der Waals surface area (Å²) in [7, 11) is 1.65. The number of para-hydroxylation sites is 1. The van der Waals surface area contributed by atoms with E-state index in [4.69, 9.17) is 4.42 Å². The van der Waals surface area contributed by atoms with Gasteiger partial charge in [0.25, 0.3) is 5.91 Å². The first-order chi connectivity index (χ1) is 14.0. The van der Waals surface area contributed by atoms with E-state index in [-0.39, 0.29) is 5.91 Å². The molecule has 5 rings (SSSR count). The van der Waals surface area contributed by atoms with Crippen LogP contribution in [-0.2, 0) is 19.9 Å². The number of anilines is 1. The lowest BCUT2D eigenvalue weighted by molar-refractivity contribution is 0.102. The third-order valence-electron chi connectivity index (χ3n) is 5.54. The van der Waals surface area contributed by atoms with Gasteiger partial charge >= 0.3 is 5.76 Å². The quantitative estimate of drug-likeness (QED) is 0.583. The molecule has 0 saturated heterocycles. The van der Waals surface area contributed by atoms with Crippen LogP contribution in [0.15, 0.2) is 51.7 Å². The van der Waals surface area contributed by atoms with E-state index in [1.54, 1.807) is 25.2 Å². The van der Waals surface area contributed by atoms with Gasteiger partial charge in [-0.1, -0.05) is 18.2 Å². The Hall–Kier alpha value is -3.61. The van der Waals surface area contributed by atoms with Crippen molar-refractivity contribution >= 4 is 22.7 Å². The molecule has 4 aromatic rings. The number of aromatic nitrogens is 3. The van der Waals surface area contributed by atoms with Crippen LogP contribution in [0.25, 0.3) is 16.8 Å². The van der Waals surface area contributed by atoms with Crippen LogP contribution < -0.4 is 11.1 Å². The average Bonchev–Trinajstić information content (AvgIpc) is 3.37. The van der Waals surface area contributed by atoms with Gasteiger partial charge in [-0.3, -0.25) is 9.36 Å². The van der Waals surface area contributed by atoms with Crippen LogP contribution in [0.2, 0.25) is 0 Å². The highest BCUT2D eigenvalue weighted by Gasteiger charge is 2.27. The first-order valence-corrected chi connectivity index (χ1v) is 9.60. The molecular formula is C22H20N4O3. The smallest absolute Gasteiger partial charge is 0.408 e. The minimum Gasteiger partial charge on any atom is -0.408 e. The summed E-state index contributed by atoms with van der Waals surface area (Å²) < 4.78 is 8.55. The van der Waals surface area contributed by atoms with Crippen LogP contribution in [0.4, 0.5) is 5.69 Å². The lowest BCUT2D eigenvalue weighted by Crippen LogP contribution is -2.15. The van der Waals surface area contributed by atoms with E-state index in [2.05, 4.69) is 10.4 Å². The second-order valence-electron chi connectivity index (χ2n) is 7.39. The van der Waals surface area contributed by atoms with Gasteiger partial charge in [0.05, 0.1) is 11.2 Å². The monoisotopic (exact) mass is 388 g/mol. The topological polar surface area (TPSA) is 82.1 Å². The SMILES string of the molecule is Cc1ccccc1-n1nc(C(=O)Nc2ccc3c(c2)oc(=O)n3C)c2c1CCC2. The molecule has 1 aliphatic rings. The first-order valence-electron chi connectivity index (χ1n) is 9.60. The van der Waals surface area contributed by atoms with E-state index in [9.17, 15) is 9.59 Å². The summed E-state index contributed by atoms with van der Waals surface area (Å²) in [6.45, 7) is 2.04. The Balaban J connectivity index is 1.51. The Bertz CT molecular complexity index is 1330. The Morgan fingerprint density at radius 2 is 2.00 bits per heavy atom. The van der Waals surface area contributed by atoms with Crippen molar-refractivity contribution in [3.05, 3.63) is 75.5 Å². The van der Waals surface area contributed by atoms with Crippen molar-refractivity contribution in [3.63, 3.8) is 0 Å². The molecule has 146 valence electrons. The predicted octanol–water partition coefficient (Wildman–Crippen LogP) is 3.37. The Morgan fingerprint density at radius 1 is 1.17 bits per heavy atom. The Morgan fingerprint density at radius 3 is 2.83 bits per heavy atom. The molecule has 7 heteroatoms. The lowest BCUT2D eigenvalue weighted by Gasteiger charge is -2.08. The third kappa shape index (κ3) is 2.77. The molecule has 0 saturated carbocycles. The van der Waals surface area contributed by atoms with Crippen molar-refractivity contribution in [2.45, 2.75) is 26.2 Å². The minimum absolute atomic E-state index is 0.256. The molecular weight excluding hydrogens is 368 g/mol. The predicted molar refractivity (Wildman–Crippen MR) is 110 cm³/mol. The van der Waals surface area contributed by atoms with Crippen LogP contribution in [0.3, 0.4) is 0 Å². The number of rotatable bonds is 3. The maximum Gasteiger partial charge on any atom is 0.419 e. The van der Waals surface area contributed by atoms with Crippen LogP contribution >= 0.6 is 0 Å². The molecule has 1 aliphatic carbocycles. The maximum absolute atomic E-state index is 13.0. The van der Waals surface area contributed by atoms with Gasteiger partial charge in [-0.15, -0.1) is 0 Å². The number of carbonyl (C=O) groups excluding carboxylic acids is 1. The molecule has 7 nitrogen and oxygen atoms in total. The highest BCUT2D eigenvalue weighted by molar-refractivity contribution is 6.04. The van der Waals surface area contributed by atoms with E-state index in [0.717, 1.165) is 41.8 Å². The number of benzene rings is 2. The average molecular weight is 388 g/mol. The summed E-state index contributed by atoms with van der Waals surface area (Å²) in [5.41, 5.74) is 6.36. The van der Waals surface area contributed by atoms with E-state index < -0.39 is 5.76 Å². The standard InChI is InChI=1S/C22H20N4O3/c1-13-6-3-4-8-16(13)26-17-9-5-7-15(17)20(24-26)21(27)23-14-10-11-18-19(12-14)29-22(28)25(18)2/h3-4,6,8,10-12H,5,7,9H2,1-2H3,(H,23,27). The van der Waals surface area contributed by atoms with E-state index in [1.165, 1.54) is 4.57 Å². The number of carbonyl (C=O) groups is 1. The molecule has 1 amide bonds. The molecule has 29 heavy (non-hydrogen) atoms. The van der Waals surface area contributed by atoms with Crippen LogP contribution in [0.1, 0.15) is 33.7 Å². The molecule has 2 heterocycles. The number of hydrogen-bond donors (Lipinski definition) is 1. The summed E-state index contributed by atoms with van der Waals surface area (Å²) in [6.07, 6.45) is 2.77. The molecule has 0 unspecified atom stereocenters. The summed E-state index contributed by atoms with van der Waals surface area (Å²) in [5.74, 6) is -0.689. The summed E-state index contributed by atoms with van der Waals surface area (Å²) in [4.78, 5) is 24.7. The Kier molecular flexibility index (Phi) is 3.91. The second-order valence-corrected chi connectivity index (χ2v) is 7.39. The highest BCUT2D eigenvalue weighted by Crippen LogP contribution is 2.29. The number of nitrogens with one attached hydrogen (secondary N) is 1. The molecule has 0 radical (unpaired) electrons. The van der Waals surface area contributed by atoms with Gasteiger partial charge in [0.2, 0.25) is 0 Å². The number of aryl methyl sites for hydroxylation is 2. The minimum atomic E-state index is -0.432. The fourth-order valence-electron chi connectivity index (χ4n) is 4.02. The molecule has 0 atom stereocenters. The molecule has 2 aromatic carbocycles. The zero-order valence-corrected chi connectivity index (χ0v) is 16.2. The van der Waals surface area contributed by atoms with Crippen molar-refractivity contribution in [2.24, 2.45) is 7.05 Å². The third-order valence-corrected chi connectivity index (χ3v) is 5.54. The molecule has 2 aromatic heterocycles. The normalized spacial score (nSPS) is 13.0. The fraction of sp³-hybridized carbons (Fsp3) is 0.227. The van der Waals surface area contributed by atoms with Crippen molar-refractivity contribution in [2.75, 3.05) is 5.32 Å². The van der Waals surface area contributed by atoms with Crippen LogP contribution in [0, 0.1) is 6.92 Å². The van der Waals surface area contributed by atoms with Crippen LogP contribution in [0.5, 0.6) is 0 Å². The maximum atomic E-state index is 13.0. The number of nitrogens with zero attached hydrogens (tertiary/aromatic N) is 3. The van der Waals surface area contributed by atoms with Crippen molar-refractivity contribution in [3.8, 4) is 5.69 Å².